The number of aromatic hydroxyl groups is 2. The van der Waals surface area contributed by atoms with Gasteiger partial charge in [0.25, 0.3) is 0 Å². The third-order valence-electron chi connectivity index (χ3n) is 5.18. The Morgan fingerprint density at radius 2 is 1.32 bits per heavy atom. The van der Waals surface area contributed by atoms with Crippen LogP contribution in [0.1, 0.15) is 36.8 Å². The van der Waals surface area contributed by atoms with Crippen LogP contribution in [-0.4, -0.2) is 10.2 Å². The third kappa shape index (κ3) is 2.29. The van der Waals surface area contributed by atoms with Gasteiger partial charge in [0, 0.05) is 0 Å². The van der Waals surface area contributed by atoms with E-state index in [-0.39, 0.29) is 0 Å². The molecule has 2 aliphatic rings. The maximum atomic E-state index is 9.57. The lowest BCUT2D eigenvalue weighted by Crippen LogP contribution is -2.03. The Balaban J connectivity index is 1.86. The van der Waals surface area contributed by atoms with Crippen molar-refractivity contribution in [1.29, 1.82) is 0 Å². The van der Waals surface area contributed by atoms with Gasteiger partial charge >= 0.3 is 0 Å². The Kier molecular flexibility index (Phi) is 3.18. The Morgan fingerprint density at radius 1 is 0.773 bits per heavy atom. The Morgan fingerprint density at radius 3 is 1.73 bits per heavy atom. The summed E-state index contributed by atoms with van der Waals surface area (Å²) in [6.45, 7) is 0. The zero-order chi connectivity index (χ0) is 15.1. The molecule has 22 heavy (non-hydrogen) atoms. The van der Waals surface area contributed by atoms with Gasteiger partial charge in [-0.05, 0) is 78.5 Å². The van der Waals surface area contributed by atoms with Crippen molar-refractivity contribution in [3.05, 3.63) is 65.2 Å². The fourth-order valence-corrected chi connectivity index (χ4v) is 4.15. The van der Waals surface area contributed by atoms with Crippen LogP contribution in [0.15, 0.2) is 54.1 Å². The average molecular weight is 292 g/mol. The zero-order valence-corrected chi connectivity index (χ0v) is 12.5. The first-order valence-corrected chi connectivity index (χ1v) is 8.02. The second kappa shape index (κ2) is 5.20. The predicted molar refractivity (Wildman–Crippen MR) is 87.7 cm³/mol. The number of phenolic OH excluding ortho intramolecular Hbond substituents is 2. The molecule has 2 bridgehead atoms. The molecule has 0 saturated heterocycles. The summed E-state index contributed by atoms with van der Waals surface area (Å²) in [6, 6.07) is 15.0. The molecular weight excluding hydrogens is 272 g/mol. The van der Waals surface area contributed by atoms with Crippen LogP contribution in [0.25, 0.3) is 5.57 Å². The summed E-state index contributed by atoms with van der Waals surface area (Å²) >= 11 is 0. The van der Waals surface area contributed by atoms with Gasteiger partial charge in [-0.15, -0.1) is 0 Å². The highest BCUT2D eigenvalue weighted by Crippen LogP contribution is 2.51. The normalized spacial score (nSPS) is 23.0. The molecular formula is C20H20O2. The molecule has 2 fully saturated rings. The van der Waals surface area contributed by atoms with E-state index in [2.05, 4.69) is 0 Å². The summed E-state index contributed by atoms with van der Waals surface area (Å²) in [5.41, 5.74) is 5.18. The summed E-state index contributed by atoms with van der Waals surface area (Å²) in [5.74, 6) is 2.16. The lowest BCUT2D eigenvalue weighted by molar-refractivity contribution is 0.475. The SMILES string of the molecule is Oc1ccc(C(=C2C[C@H]3CC[C@H]2C3)c2ccc(O)cc2)cc1. The smallest absolute Gasteiger partial charge is 0.115 e. The van der Waals surface area contributed by atoms with Gasteiger partial charge < -0.3 is 10.2 Å². The van der Waals surface area contributed by atoms with Crippen molar-refractivity contribution < 1.29 is 10.2 Å². The monoisotopic (exact) mass is 292 g/mol. The highest BCUT2D eigenvalue weighted by Gasteiger charge is 2.37. The number of phenols is 2. The molecule has 0 heterocycles. The van der Waals surface area contributed by atoms with Crippen molar-refractivity contribution in [2.75, 3.05) is 0 Å². The van der Waals surface area contributed by atoms with E-state index < -0.39 is 0 Å². The molecule has 4 rings (SSSR count). The second-order valence-electron chi connectivity index (χ2n) is 6.57. The van der Waals surface area contributed by atoms with Gasteiger partial charge in [-0.2, -0.15) is 0 Å². The first-order chi connectivity index (χ1) is 10.7. The van der Waals surface area contributed by atoms with Crippen molar-refractivity contribution in [3.63, 3.8) is 0 Å². The standard InChI is InChI=1S/C20H20O2/c21-17-7-3-14(4-8-17)20(15-5-9-18(22)10-6-15)19-12-13-1-2-16(19)11-13/h3-10,13,16,21-22H,1-2,11-12H2/t13-,16-/m0/s1. The quantitative estimate of drug-likeness (QED) is 0.840. The fraction of sp³-hybridized carbons (Fsp3) is 0.300. The van der Waals surface area contributed by atoms with Crippen LogP contribution in [-0.2, 0) is 0 Å². The summed E-state index contributed by atoms with van der Waals surface area (Å²) in [5, 5.41) is 19.1. The summed E-state index contributed by atoms with van der Waals surface area (Å²) < 4.78 is 0. The highest BCUT2D eigenvalue weighted by molar-refractivity contribution is 5.83. The van der Waals surface area contributed by atoms with Crippen molar-refractivity contribution in [3.8, 4) is 11.5 Å². The molecule has 0 unspecified atom stereocenters. The lowest BCUT2D eigenvalue weighted by Gasteiger charge is -2.20. The number of hydrogen-bond acceptors (Lipinski definition) is 2. The van der Waals surface area contributed by atoms with E-state index in [0.29, 0.717) is 17.4 Å². The average Bonchev–Trinajstić information content (AvgIpc) is 3.14. The molecule has 112 valence electrons. The molecule has 0 spiro atoms. The minimum Gasteiger partial charge on any atom is -0.508 e. The predicted octanol–water partition coefficient (Wildman–Crippen LogP) is 4.72. The Bertz CT molecular complexity index is 663. The van der Waals surface area contributed by atoms with Crippen LogP contribution in [0.2, 0.25) is 0 Å². The van der Waals surface area contributed by atoms with E-state index in [4.69, 9.17) is 0 Å². The molecule has 0 radical (unpaired) electrons. The molecule has 0 aliphatic heterocycles. The van der Waals surface area contributed by atoms with E-state index in [9.17, 15) is 10.2 Å². The van der Waals surface area contributed by atoms with Gasteiger partial charge in [-0.1, -0.05) is 29.8 Å². The van der Waals surface area contributed by atoms with Crippen LogP contribution in [0.3, 0.4) is 0 Å². The van der Waals surface area contributed by atoms with Crippen LogP contribution >= 0.6 is 0 Å². The van der Waals surface area contributed by atoms with Gasteiger partial charge in [0.05, 0.1) is 0 Å². The maximum Gasteiger partial charge on any atom is 0.115 e. The molecule has 2 N–H and O–H groups in total. The van der Waals surface area contributed by atoms with Crippen LogP contribution in [0.5, 0.6) is 11.5 Å². The number of hydrogen-bond donors (Lipinski definition) is 2. The van der Waals surface area contributed by atoms with Crippen LogP contribution < -0.4 is 0 Å². The van der Waals surface area contributed by atoms with E-state index in [1.165, 1.54) is 31.3 Å². The second-order valence-corrected chi connectivity index (χ2v) is 6.57. The summed E-state index contributed by atoms with van der Waals surface area (Å²) in [7, 11) is 0. The number of benzene rings is 2. The van der Waals surface area contributed by atoms with Gasteiger partial charge in [0.2, 0.25) is 0 Å². The molecule has 2 aromatic carbocycles. The number of allylic oxidation sites excluding steroid dienone is 1. The molecule has 2 aliphatic carbocycles. The van der Waals surface area contributed by atoms with Gasteiger partial charge in [-0.25, -0.2) is 0 Å². The van der Waals surface area contributed by atoms with Gasteiger partial charge in [-0.3, -0.25) is 0 Å². The molecule has 2 atom stereocenters. The minimum absolute atomic E-state index is 0.298. The topological polar surface area (TPSA) is 40.5 Å². The van der Waals surface area contributed by atoms with Crippen molar-refractivity contribution in [2.24, 2.45) is 11.8 Å². The maximum absolute atomic E-state index is 9.57. The van der Waals surface area contributed by atoms with Crippen LogP contribution in [0.4, 0.5) is 0 Å². The van der Waals surface area contributed by atoms with E-state index in [1.807, 2.05) is 24.3 Å². The molecule has 2 aromatic rings. The Hall–Kier alpha value is -2.22. The number of rotatable bonds is 2. The lowest BCUT2D eigenvalue weighted by atomic mass is 9.84. The van der Waals surface area contributed by atoms with Crippen molar-refractivity contribution >= 4 is 5.57 Å². The van der Waals surface area contributed by atoms with Crippen molar-refractivity contribution in [2.45, 2.75) is 25.7 Å². The third-order valence-corrected chi connectivity index (χ3v) is 5.18. The van der Waals surface area contributed by atoms with E-state index in [0.717, 1.165) is 17.0 Å². The summed E-state index contributed by atoms with van der Waals surface area (Å²) in [6.07, 6.45) is 5.20. The first kappa shape index (κ1) is 13.4. The van der Waals surface area contributed by atoms with Gasteiger partial charge in [0.15, 0.2) is 0 Å². The minimum atomic E-state index is 0.298. The van der Waals surface area contributed by atoms with Crippen molar-refractivity contribution in [1.82, 2.24) is 0 Å². The number of fused-ring (bicyclic) bond motifs is 2. The van der Waals surface area contributed by atoms with Gasteiger partial charge in [0.1, 0.15) is 11.5 Å². The van der Waals surface area contributed by atoms with E-state index >= 15 is 0 Å². The highest BCUT2D eigenvalue weighted by atomic mass is 16.3. The first-order valence-electron chi connectivity index (χ1n) is 8.02. The molecule has 0 amide bonds. The Labute approximate surface area is 130 Å². The largest absolute Gasteiger partial charge is 0.508 e. The molecule has 0 aromatic heterocycles. The van der Waals surface area contributed by atoms with E-state index in [1.54, 1.807) is 29.8 Å². The van der Waals surface area contributed by atoms with Crippen LogP contribution in [0, 0.1) is 11.8 Å². The molecule has 2 nitrogen and oxygen atoms in total. The molecule has 2 heteroatoms. The zero-order valence-electron chi connectivity index (χ0n) is 12.5. The fourth-order valence-electron chi connectivity index (χ4n) is 4.15. The molecule has 2 saturated carbocycles. The summed E-state index contributed by atoms with van der Waals surface area (Å²) in [4.78, 5) is 0.